The summed E-state index contributed by atoms with van der Waals surface area (Å²) in [6.45, 7) is 7.28. The van der Waals surface area contributed by atoms with Gasteiger partial charge in [0.2, 0.25) is 0 Å². The van der Waals surface area contributed by atoms with Crippen LogP contribution in [0.25, 0.3) is 11.1 Å². The smallest absolute Gasteiger partial charge is 0.413 e. The third-order valence-corrected chi connectivity index (χ3v) is 2.99. The van der Waals surface area contributed by atoms with Crippen LogP contribution >= 0.6 is 0 Å². The van der Waals surface area contributed by atoms with Crippen molar-refractivity contribution >= 4 is 17.6 Å². The van der Waals surface area contributed by atoms with Crippen LogP contribution in [0.1, 0.15) is 26.3 Å². The lowest BCUT2D eigenvalue weighted by atomic mass is 10.0. The normalized spacial score (nSPS) is 11.3. The fourth-order valence-corrected chi connectivity index (χ4v) is 2.02. The van der Waals surface area contributed by atoms with E-state index in [9.17, 15) is 4.79 Å². The van der Waals surface area contributed by atoms with Crippen LogP contribution in [-0.4, -0.2) is 26.5 Å². The molecule has 2 aromatic rings. The molecule has 0 aliphatic carbocycles. The molecule has 0 bridgehead atoms. The van der Waals surface area contributed by atoms with Crippen molar-refractivity contribution in [3.8, 4) is 11.1 Å². The summed E-state index contributed by atoms with van der Waals surface area (Å²) in [5, 5.41) is 6.83. The number of aryl methyl sites for hydroxylation is 1. The van der Waals surface area contributed by atoms with Crippen LogP contribution in [-0.2, 0) is 11.8 Å². The lowest BCUT2D eigenvalue weighted by molar-refractivity contribution is 0.0635. The molecule has 0 atom stereocenters. The highest BCUT2D eigenvalue weighted by Gasteiger charge is 2.20. The Morgan fingerprint density at radius 2 is 2.05 bits per heavy atom. The first-order valence-electron chi connectivity index (χ1n) is 6.91. The summed E-state index contributed by atoms with van der Waals surface area (Å²) in [6, 6.07) is 0. The van der Waals surface area contributed by atoms with Crippen LogP contribution in [0.4, 0.5) is 16.3 Å². The number of rotatable bonds is 2. The van der Waals surface area contributed by atoms with E-state index >= 15 is 0 Å². The fourth-order valence-electron chi connectivity index (χ4n) is 2.02. The number of anilines is 2. The van der Waals surface area contributed by atoms with E-state index in [1.54, 1.807) is 31.6 Å². The average Bonchev–Trinajstić information content (AvgIpc) is 2.78. The number of aromatic nitrogens is 3. The van der Waals surface area contributed by atoms with Gasteiger partial charge in [-0.2, -0.15) is 5.10 Å². The Balaban J connectivity index is 2.40. The quantitative estimate of drug-likeness (QED) is 0.889. The summed E-state index contributed by atoms with van der Waals surface area (Å²) in [5.74, 6) is 0.397. The zero-order chi connectivity index (χ0) is 16.5. The summed E-state index contributed by atoms with van der Waals surface area (Å²) >= 11 is 0. The highest BCUT2D eigenvalue weighted by Crippen LogP contribution is 2.32. The predicted molar refractivity (Wildman–Crippen MR) is 85.4 cm³/mol. The topological polar surface area (TPSA) is 95.1 Å². The van der Waals surface area contributed by atoms with Crippen LogP contribution in [0.2, 0.25) is 0 Å². The number of nitrogens with zero attached hydrogens (tertiary/aromatic N) is 3. The summed E-state index contributed by atoms with van der Waals surface area (Å²) in [5.41, 5.74) is 8.29. The van der Waals surface area contributed by atoms with E-state index in [-0.39, 0.29) is 0 Å². The molecule has 0 aliphatic rings. The van der Waals surface area contributed by atoms with Crippen LogP contribution in [0.5, 0.6) is 0 Å². The Kier molecular flexibility index (Phi) is 4.07. The molecule has 0 unspecified atom stereocenters. The van der Waals surface area contributed by atoms with Gasteiger partial charge in [-0.05, 0) is 33.3 Å². The van der Waals surface area contributed by atoms with Crippen LogP contribution in [0.3, 0.4) is 0 Å². The molecule has 7 nitrogen and oxygen atoms in total. The third kappa shape index (κ3) is 3.55. The molecule has 2 heterocycles. The first kappa shape index (κ1) is 15.8. The molecule has 3 N–H and O–H groups in total. The monoisotopic (exact) mass is 303 g/mol. The van der Waals surface area contributed by atoms with Crippen LogP contribution in [0, 0.1) is 6.92 Å². The molecule has 2 aromatic heterocycles. The van der Waals surface area contributed by atoms with Gasteiger partial charge in [0.05, 0.1) is 18.1 Å². The van der Waals surface area contributed by atoms with Gasteiger partial charge in [0.15, 0.2) is 0 Å². The molecule has 0 aliphatic heterocycles. The second kappa shape index (κ2) is 5.67. The van der Waals surface area contributed by atoms with Crippen LogP contribution < -0.4 is 11.1 Å². The summed E-state index contributed by atoms with van der Waals surface area (Å²) in [4.78, 5) is 16.2. The molecule has 22 heavy (non-hydrogen) atoms. The number of carbonyl (C=O) groups excluding carboxylic acids is 1. The number of nitrogens with one attached hydrogen (secondary N) is 1. The SMILES string of the molecule is Cc1c(N)cnc(NC(=O)OC(C)(C)C)c1-c1cnn(C)c1. The van der Waals surface area contributed by atoms with E-state index in [4.69, 9.17) is 10.5 Å². The molecule has 0 aromatic carbocycles. The van der Waals surface area contributed by atoms with Crippen molar-refractivity contribution in [3.05, 3.63) is 24.2 Å². The van der Waals surface area contributed by atoms with Crippen molar-refractivity contribution in [2.24, 2.45) is 7.05 Å². The minimum absolute atomic E-state index is 0.397. The van der Waals surface area contributed by atoms with Gasteiger partial charge in [0, 0.05) is 24.4 Å². The van der Waals surface area contributed by atoms with E-state index in [2.05, 4.69) is 15.4 Å². The standard InChI is InChI=1S/C15H21N5O2/c1-9-11(16)7-17-13(19-14(21)22-15(2,3)4)12(9)10-6-18-20(5)8-10/h6-8H,16H2,1-5H3,(H,17,19,21). The number of amides is 1. The molecule has 0 saturated heterocycles. The van der Waals surface area contributed by atoms with Gasteiger partial charge in [-0.25, -0.2) is 9.78 Å². The number of nitrogen functional groups attached to an aromatic ring is 1. The number of hydrogen-bond acceptors (Lipinski definition) is 5. The molecule has 2 rings (SSSR count). The second-order valence-electron chi connectivity index (χ2n) is 6.09. The van der Waals surface area contributed by atoms with Crippen molar-refractivity contribution in [1.82, 2.24) is 14.8 Å². The largest absolute Gasteiger partial charge is 0.444 e. The maximum atomic E-state index is 12.0. The molecule has 0 spiro atoms. The minimum atomic E-state index is -0.582. The third-order valence-electron chi connectivity index (χ3n) is 2.99. The Hall–Kier alpha value is -2.57. The first-order chi connectivity index (χ1) is 10.2. The zero-order valence-corrected chi connectivity index (χ0v) is 13.5. The number of ether oxygens (including phenoxy) is 1. The molecular weight excluding hydrogens is 282 g/mol. The number of hydrogen-bond donors (Lipinski definition) is 2. The van der Waals surface area contributed by atoms with Crippen LogP contribution in [0.15, 0.2) is 18.6 Å². The van der Waals surface area contributed by atoms with Gasteiger partial charge in [-0.1, -0.05) is 0 Å². The minimum Gasteiger partial charge on any atom is -0.444 e. The molecule has 0 radical (unpaired) electrons. The number of carbonyl (C=O) groups is 1. The molecule has 7 heteroatoms. The molecule has 0 saturated carbocycles. The van der Waals surface area contributed by atoms with Crippen molar-refractivity contribution in [1.29, 1.82) is 0 Å². The lowest BCUT2D eigenvalue weighted by Gasteiger charge is -2.20. The molecule has 0 fully saturated rings. The maximum absolute atomic E-state index is 12.0. The lowest BCUT2D eigenvalue weighted by Crippen LogP contribution is -2.27. The van der Waals surface area contributed by atoms with Crippen molar-refractivity contribution < 1.29 is 9.53 Å². The Bertz CT molecular complexity index is 700. The van der Waals surface area contributed by atoms with E-state index in [1.165, 1.54) is 6.20 Å². The van der Waals surface area contributed by atoms with E-state index in [0.717, 1.165) is 16.7 Å². The van der Waals surface area contributed by atoms with E-state index in [0.29, 0.717) is 11.5 Å². The van der Waals surface area contributed by atoms with Crippen molar-refractivity contribution in [2.45, 2.75) is 33.3 Å². The van der Waals surface area contributed by atoms with E-state index in [1.807, 2.05) is 20.2 Å². The van der Waals surface area contributed by atoms with Gasteiger partial charge in [-0.3, -0.25) is 10.00 Å². The highest BCUT2D eigenvalue weighted by molar-refractivity contribution is 5.91. The maximum Gasteiger partial charge on any atom is 0.413 e. The molecule has 118 valence electrons. The Morgan fingerprint density at radius 1 is 1.36 bits per heavy atom. The fraction of sp³-hybridized carbons (Fsp3) is 0.400. The van der Waals surface area contributed by atoms with Crippen molar-refractivity contribution in [3.63, 3.8) is 0 Å². The van der Waals surface area contributed by atoms with Gasteiger partial charge in [0.25, 0.3) is 0 Å². The summed E-state index contributed by atoms with van der Waals surface area (Å²) < 4.78 is 6.94. The van der Waals surface area contributed by atoms with E-state index < -0.39 is 11.7 Å². The van der Waals surface area contributed by atoms with Crippen molar-refractivity contribution in [2.75, 3.05) is 11.1 Å². The first-order valence-corrected chi connectivity index (χ1v) is 6.91. The highest BCUT2D eigenvalue weighted by atomic mass is 16.6. The zero-order valence-electron chi connectivity index (χ0n) is 13.5. The summed E-state index contributed by atoms with van der Waals surface area (Å²) in [7, 11) is 1.82. The Labute approximate surface area is 129 Å². The number of nitrogens with two attached hydrogens (primary N) is 1. The van der Waals surface area contributed by atoms with Gasteiger partial charge >= 0.3 is 6.09 Å². The second-order valence-corrected chi connectivity index (χ2v) is 6.09. The average molecular weight is 303 g/mol. The van der Waals surface area contributed by atoms with Gasteiger partial charge in [0.1, 0.15) is 11.4 Å². The van der Waals surface area contributed by atoms with Gasteiger partial charge < -0.3 is 10.5 Å². The van der Waals surface area contributed by atoms with Gasteiger partial charge in [-0.15, -0.1) is 0 Å². The molecule has 1 amide bonds. The molecular formula is C15H21N5O2. The Morgan fingerprint density at radius 3 is 2.59 bits per heavy atom. The predicted octanol–water partition coefficient (Wildman–Crippen LogP) is 2.72. The number of pyridine rings is 1. The summed E-state index contributed by atoms with van der Waals surface area (Å²) in [6.07, 6.45) is 4.49.